The first-order valence-corrected chi connectivity index (χ1v) is 10.0. The van der Waals surface area contributed by atoms with E-state index in [0.717, 1.165) is 38.6 Å². The molecule has 0 aliphatic heterocycles. The second-order valence-corrected chi connectivity index (χ2v) is 6.33. The molecule has 0 heterocycles. The molecule has 0 aliphatic carbocycles. The van der Waals surface area contributed by atoms with Crippen LogP contribution in [0.25, 0.3) is 0 Å². The fourth-order valence-corrected chi connectivity index (χ4v) is 1.52. The van der Waals surface area contributed by atoms with Gasteiger partial charge in [-0.2, -0.15) is 0 Å². The summed E-state index contributed by atoms with van der Waals surface area (Å²) in [6, 6.07) is -2.48. The van der Waals surface area contributed by atoms with Crippen LogP contribution in [0.5, 0.6) is 0 Å². The summed E-state index contributed by atoms with van der Waals surface area (Å²) in [6.45, 7) is 0.931. The SMILES string of the molecule is NC(C(=O)O)C(=O)O.NCC(=O)O.NCCCC(=O)O.NCCCCCCCC(N)C(=O)O. The van der Waals surface area contributed by atoms with E-state index in [4.69, 9.17) is 42.7 Å². The average molecular weight is 486 g/mol. The zero-order chi connectivity index (χ0) is 26.8. The molecule has 0 radical (unpaired) electrons. The van der Waals surface area contributed by atoms with E-state index in [9.17, 15) is 24.0 Å². The Morgan fingerprint density at radius 1 is 0.576 bits per heavy atom. The van der Waals surface area contributed by atoms with Crippen LogP contribution in [0.15, 0.2) is 0 Å². The molecule has 1 atom stereocenters. The number of carboxylic acid groups (broad SMARTS) is 5. The summed E-state index contributed by atoms with van der Waals surface area (Å²) in [5, 5.41) is 39.8. The highest BCUT2D eigenvalue weighted by Gasteiger charge is 2.18. The number of carbonyl (C=O) groups is 5. The van der Waals surface area contributed by atoms with Gasteiger partial charge in [0.05, 0.1) is 6.54 Å². The zero-order valence-corrected chi connectivity index (χ0v) is 18.6. The lowest BCUT2D eigenvalue weighted by atomic mass is 10.1. The highest BCUT2D eigenvalue weighted by atomic mass is 16.4. The number of rotatable bonds is 14. The van der Waals surface area contributed by atoms with Crippen molar-refractivity contribution in [2.75, 3.05) is 19.6 Å². The van der Waals surface area contributed by atoms with E-state index in [0.29, 0.717) is 19.4 Å². The Morgan fingerprint density at radius 3 is 1.21 bits per heavy atom. The van der Waals surface area contributed by atoms with Gasteiger partial charge in [-0.1, -0.05) is 25.7 Å². The van der Waals surface area contributed by atoms with Crippen LogP contribution in [-0.2, 0) is 24.0 Å². The highest BCUT2D eigenvalue weighted by Crippen LogP contribution is 2.06. The second-order valence-electron chi connectivity index (χ2n) is 6.33. The van der Waals surface area contributed by atoms with Gasteiger partial charge in [0.2, 0.25) is 6.04 Å². The van der Waals surface area contributed by atoms with Crippen LogP contribution in [0.2, 0.25) is 0 Å². The van der Waals surface area contributed by atoms with Crippen molar-refractivity contribution in [1.82, 2.24) is 0 Å². The van der Waals surface area contributed by atoms with Crippen LogP contribution in [0.1, 0.15) is 51.4 Å². The molecular weight excluding hydrogens is 446 g/mol. The lowest BCUT2D eigenvalue weighted by Gasteiger charge is -2.05. The molecule has 0 amide bonds. The fourth-order valence-electron chi connectivity index (χ4n) is 1.52. The lowest BCUT2D eigenvalue weighted by molar-refractivity contribution is -0.149. The first kappa shape index (κ1) is 37.5. The highest BCUT2D eigenvalue weighted by molar-refractivity contribution is 5.96. The number of hydrogen-bond donors (Lipinski definition) is 10. The Labute approximate surface area is 191 Å². The topological polar surface area (TPSA) is 317 Å². The maximum atomic E-state index is 10.3. The van der Waals surface area contributed by atoms with Crippen molar-refractivity contribution in [3.8, 4) is 0 Å². The number of hydrogen-bond acceptors (Lipinski definition) is 10. The van der Waals surface area contributed by atoms with Crippen LogP contribution in [-0.4, -0.2) is 87.1 Å². The van der Waals surface area contributed by atoms with Gasteiger partial charge in [-0.05, 0) is 32.4 Å². The largest absolute Gasteiger partial charge is 0.481 e. The molecule has 0 spiro atoms. The van der Waals surface area contributed by atoms with E-state index >= 15 is 0 Å². The monoisotopic (exact) mass is 485 g/mol. The number of unbranched alkanes of at least 4 members (excludes halogenated alkanes) is 4. The van der Waals surface area contributed by atoms with Crippen LogP contribution in [0.4, 0.5) is 0 Å². The van der Waals surface area contributed by atoms with Crippen LogP contribution in [0, 0.1) is 0 Å². The molecule has 0 fully saturated rings. The van der Waals surface area contributed by atoms with Crippen LogP contribution in [0.3, 0.4) is 0 Å². The van der Waals surface area contributed by atoms with E-state index in [1.807, 2.05) is 0 Å². The molecule has 15 heteroatoms. The van der Waals surface area contributed by atoms with Crippen molar-refractivity contribution in [3.63, 3.8) is 0 Å². The maximum absolute atomic E-state index is 10.3. The Bertz CT molecular complexity index is 535. The van der Waals surface area contributed by atoms with Gasteiger partial charge >= 0.3 is 29.8 Å². The molecule has 0 rings (SSSR count). The summed E-state index contributed by atoms with van der Waals surface area (Å²) in [5.41, 5.74) is 24.8. The van der Waals surface area contributed by atoms with Crippen molar-refractivity contribution in [1.29, 1.82) is 0 Å². The summed E-state index contributed by atoms with van der Waals surface area (Å²) < 4.78 is 0. The molecule has 0 aromatic rings. The molecular formula is C18H39N5O10. The fraction of sp³-hybridized carbons (Fsp3) is 0.722. The third-order valence-corrected chi connectivity index (χ3v) is 3.34. The molecule has 0 bridgehead atoms. The van der Waals surface area contributed by atoms with E-state index in [1.165, 1.54) is 0 Å². The lowest BCUT2D eigenvalue weighted by Crippen LogP contribution is -2.38. The van der Waals surface area contributed by atoms with Gasteiger partial charge in [0.15, 0.2) is 0 Å². The van der Waals surface area contributed by atoms with Crippen molar-refractivity contribution in [2.45, 2.75) is 63.5 Å². The smallest absolute Gasteiger partial charge is 0.332 e. The summed E-state index contributed by atoms with van der Waals surface area (Å²) in [6.07, 6.45) is 6.64. The molecule has 0 saturated heterocycles. The Kier molecular flexibility index (Phi) is 30.9. The van der Waals surface area contributed by atoms with Gasteiger partial charge in [-0.3, -0.25) is 14.4 Å². The van der Waals surface area contributed by atoms with Crippen LogP contribution >= 0.6 is 0 Å². The number of carboxylic acids is 5. The van der Waals surface area contributed by atoms with Gasteiger partial charge in [0.1, 0.15) is 6.04 Å². The molecule has 0 saturated carbocycles. The minimum atomic E-state index is -1.80. The first-order valence-electron chi connectivity index (χ1n) is 10.0. The van der Waals surface area contributed by atoms with E-state index < -0.39 is 41.9 Å². The third-order valence-electron chi connectivity index (χ3n) is 3.34. The Morgan fingerprint density at radius 2 is 0.970 bits per heavy atom. The standard InChI is InChI=1S/C9H20N2O2.C4H9NO2.C3H5NO4.C2H5NO2/c10-7-5-3-1-2-4-6-8(11)9(12)13;5-3-1-2-4(6)7;4-1(2(5)6)3(7)8;3-1-2(4)5/h8H,1-7,10-11H2,(H,12,13);1-3,5H2,(H,6,7);1H,4H2,(H,5,6)(H,7,8);1,3H2,(H,4,5). The first-order chi connectivity index (χ1) is 15.3. The maximum Gasteiger partial charge on any atom is 0.332 e. The molecule has 196 valence electrons. The molecule has 15 N–H and O–H groups in total. The minimum Gasteiger partial charge on any atom is -0.481 e. The molecule has 33 heavy (non-hydrogen) atoms. The molecule has 0 aromatic heterocycles. The predicted molar refractivity (Wildman–Crippen MR) is 118 cm³/mol. The van der Waals surface area contributed by atoms with Gasteiger partial charge in [0, 0.05) is 6.42 Å². The summed E-state index contributed by atoms with van der Waals surface area (Å²) in [5.74, 6) is -5.70. The van der Waals surface area contributed by atoms with Gasteiger partial charge in [0.25, 0.3) is 0 Å². The molecule has 0 aromatic carbocycles. The van der Waals surface area contributed by atoms with Crippen molar-refractivity contribution in [2.24, 2.45) is 28.7 Å². The third kappa shape index (κ3) is 40.1. The summed E-state index contributed by atoms with van der Waals surface area (Å²) in [7, 11) is 0. The normalized spacial score (nSPS) is 10.2. The zero-order valence-electron chi connectivity index (χ0n) is 18.6. The van der Waals surface area contributed by atoms with Gasteiger partial charge in [-0.15, -0.1) is 0 Å². The van der Waals surface area contributed by atoms with Crippen molar-refractivity contribution in [3.05, 3.63) is 0 Å². The molecule has 0 aliphatic rings. The average Bonchev–Trinajstić information content (AvgIpc) is 2.74. The summed E-state index contributed by atoms with van der Waals surface area (Å²) in [4.78, 5) is 48.5. The van der Waals surface area contributed by atoms with Crippen molar-refractivity contribution < 1.29 is 49.5 Å². The van der Waals surface area contributed by atoms with Crippen LogP contribution < -0.4 is 28.7 Å². The number of nitrogens with two attached hydrogens (primary N) is 5. The van der Waals surface area contributed by atoms with E-state index in [2.05, 4.69) is 11.5 Å². The van der Waals surface area contributed by atoms with Gasteiger partial charge < -0.3 is 54.2 Å². The number of aliphatic carboxylic acids is 5. The second kappa shape index (κ2) is 27.2. The Hall–Kier alpha value is -2.85. The summed E-state index contributed by atoms with van der Waals surface area (Å²) >= 11 is 0. The van der Waals surface area contributed by atoms with E-state index in [1.54, 1.807) is 0 Å². The Balaban J connectivity index is -0.000000182. The molecule has 15 nitrogen and oxygen atoms in total. The predicted octanol–water partition coefficient (Wildman–Crippen LogP) is -1.98. The van der Waals surface area contributed by atoms with Crippen molar-refractivity contribution >= 4 is 29.8 Å². The van der Waals surface area contributed by atoms with Gasteiger partial charge in [-0.25, -0.2) is 9.59 Å². The minimum absolute atomic E-state index is 0.191. The molecule has 1 unspecified atom stereocenters. The quantitative estimate of drug-likeness (QED) is 0.0940. The van der Waals surface area contributed by atoms with E-state index in [-0.39, 0.29) is 13.0 Å².